The normalized spacial score (nSPS) is 14.8. The van der Waals surface area contributed by atoms with Crippen LogP contribution in [0.25, 0.3) is 0 Å². The Kier molecular flexibility index (Phi) is 5.73. The number of pyridine rings is 1. The van der Waals surface area contributed by atoms with Crippen LogP contribution < -0.4 is 4.74 Å². The molecule has 26 heavy (non-hydrogen) atoms. The average Bonchev–Trinajstić information content (AvgIpc) is 2.69. The van der Waals surface area contributed by atoms with Crippen LogP contribution in [-0.2, 0) is 4.74 Å². The molecule has 6 nitrogen and oxygen atoms in total. The van der Waals surface area contributed by atoms with Crippen molar-refractivity contribution in [3.05, 3.63) is 58.9 Å². The molecule has 1 amide bonds. The summed E-state index contributed by atoms with van der Waals surface area (Å²) in [6.07, 6.45) is 1.51. The summed E-state index contributed by atoms with van der Waals surface area (Å²) in [5, 5.41) is 0.666. The molecule has 0 N–H and O–H groups in total. The highest BCUT2D eigenvalue weighted by atomic mass is 35.5. The second-order valence-electron chi connectivity index (χ2n) is 5.96. The number of ether oxygens (including phenoxy) is 2. The van der Waals surface area contributed by atoms with Gasteiger partial charge in [-0.25, -0.2) is 9.78 Å². The molecular weight excluding hydrogens is 356 g/mol. The molecular formula is C19H19ClN2O4. The van der Waals surface area contributed by atoms with Gasteiger partial charge in [-0.2, -0.15) is 0 Å². The largest absolute Gasteiger partial charge is 0.490 e. The molecule has 1 aliphatic rings. The maximum absolute atomic E-state index is 12.6. The first-order chi connectivity index (χ1) is 12.6. The molecule has 0 saturated carbocycles. The zero-order valence-corrected chi connectivity index (χ0v) is 15.1. The van der Waals surface area contributed by atoms with E-state index in [1.54, 1.807) is 29.2 Å². The maximum Gasteiger partial charge on any atom is 0.356 e. The van der Waals surface area contributed by atoms with E-state index in [0.29, 0.717) is 18.1 Å². The van der Waals surface area contributed by atoms with Crippen molar-refractivity contribution in [2.45, 2.75) is 18.9 Å². The average molecular weight is 375 g/mol. The topological polar surface area (TPSA) is 68.7 Å². The monoisotopic (exact) mass is 374 g/mol. The molecule has 1 aliphatic heterocycles. The fourth-order valence-corrected chi connectivity index (χ4v) is 2.94. The van der Waals surface area contributed by atoms with Crippen molar-refractivity contribution >= 4 is 23.5 Å². The third-order valence-corrected chi connectivity index (χ3v) is 4.46. The standard InChI is InChI=1S/C19H19ClN2O4/c1-25-19(24)17-4-2-3-16(21-17)18(23)22-11-9-15(10-12-22)26-14-7-5-13(20)6-8-14/h2-8,15H,9-12H2,1H3. The second-order valence-corrected chi connectivity index (χ2v) is 6.40. The van der Waals surface area contributed by atoms with Gasteiger partial charge in [0.05, 0.1) is 7.11 Å². The minimum Gasteiger partial charge on any atom is -0.490 e. The Hall–Kier alpha value is -2.60. The zero-order valence-electron chi connectivity index (χ0n) is 14.4. The van der Waals surface area contributed by atoms with Crippen LogP contribution in [0.4, 0.5) is 0 Å². The zero-order chi connectivity index (χ0) is 18.5. The number of amides is 1. The van der Waals surface area contributed by atoms with Crippen LogP contribution in [0.1, 0.15) is 33.8 Å². The van der Waals surface area contributed by atoms with Crippen molar-refractivity contribution in [1.82, 2.24) is 9.88 Å². The summed E-state index contributed by atoms with van der Waals surface area (Å²) in [6, 6.07) is 12.0. The Balaban J connectivity index is 1.58. The van der Waals surface area contributed by atoms with Crippen molar-refractivity contribution in [2.24, 2.45) is 0 Å². The molecule has 0 bridgehead atoms. The molecule has 1 aromatic heterocycles. The van der Waals surface area contributed by atoms with Crippen LogP contribution in [0.3, 0.4) is 0 Å². The van der Waals surface area contributed by atoms with E-state index in [-0.39, 0.29) is 23.4 Å². The van der Waals surface area contributed by atoms with Crippen molar-refractivity contribution in [3.8, 4) is 5.75 Å². The highest BCUT2D eigenvalue weighted by Crippen LogP contribution is 2.21. The van der Waals surface area contributed by atoms with Crippen LogP contribution in [0.2, 0.25) is 5.02 Å². The Morgan fingerprint density at radius 3 is 2.38 bits per heavy atom. The van der Waals surface area contributed by atoms with Crippen LogP contribution in [0.5, 0.6) is 5.75 Å². The van der Waals surface area contributed by atoms with Crippen LogP contribution in [-0.4, -0.2) is 48.1 Å². The van der Waals surface area contributed by atoms with Crippen LogP contribution >= 0.6 is 11.6 Å². The smallest absolute Gasteiger partial charge is 0.356 e. The summed E-state index contributed by atoms with van der Waals surface area (Å²) >= 11 is 5.87. The molecule has 0 spiro atoms. The summed E-state index contributed by atoms with van der Waals surface area (Å²) in [6.45, 7) is 1.14. The van der Waals surface area contributed by atoms with Crippen molar-refractivity contribution in [2.75, 3.05) is 20.2 Å². The number of aromatic nitrogens is 1. The van der Waals surface area contributed by atoms with E-state index in [9.17, 15) is 9.59 Å². The van der Waals surface area contributed by atoms with E-state index in [4.69, 9.17) is 16.3 Å². The van der Waals surface area contributed by atoms with Crippen molar-refractivity contribution < 1.29 is 19.1 Å². The first-order valence-electron chi connectivity index (χ1n) is 8.33. The van der Waals surface area contributed by atoms with E-state index in [0.717, 1.165) is 18.6 Å². The van der Waals surface area contributed by atoms with Gasteiger partial charge in [0, 0.05) is 31.0 Å². The van der Waals surface area contributed by atoms with E-state index < -0.39 is 5.97 Å². The number of likely N-dealkylation sites (tertiary alicyclic amines) is 1. The highest BCUT2D eigenvalue weighted by Gasteiger charge is 2.26. The summed E-state index contributed by atoms with van der Waals surface area (Å²) in [4.78, 5) is 30.0. The van der Waals surface area contributed by atoms with Crippen molar-refractivity contribution in [1.29, 1.82) is 0 Å². The lowest BCUT2D eigenvalue weighted by Gasteiger charge is -2.32. The molecule has 0 unspecified atom stereocenters. The number of benzene rings is 1. The molecule has 1 fully saturated rings. The molecule has 0 atom stereocenters. The van der Waals surface area contributed by atoms with Gasteiger partial charge in [0.2, 0.25) is 0 Å². The van der Waals surface area contributed by atoms with E-state index >= 15 is 0 Å². The van der Waals surface area contributed by atoms with Gasteiger partial charge in [0.25, 0.3) is 5.91 Å². The number of piperidine rings is 1. The van der Waals surface area contributed by atoms with Gasteiger partial charge >= 0.3 is 5.97 Å². The van der Waals surface area contributed by atoms with Crippen LogP contribution in [0.15, 0.2) is 42.5 Å². The molecule has 1 saturated heterocycles. The molecule has 7 heteroatoms. The molecule has 3 rings (SSSR count). The van der Waals surface area contributed by atoms with E-state index in [1.165, 1.54) is 13.2 Å². The molecule has 136 valence electrons. The fraction of sp³-hybridized carbons (Fsp3) is 0.316. The van der Waals surface area contributed by atoms with Gasteiger partial charge in [-0.1, -0.05) is 17.7 Å². The Bertz CT molecular complexity index is 786. The number of nitrogens with zero attached hydrogens (tertiary/aromatic N) is 2. The predicted octanol–water partition coefficient (Wildman–Crippen LogP) is 3.21. The van der Waals surface area contributed by atoms with Gasteiger partial charge in [0.1, 0.15) is 23.2 Å². The van der Waals surface area contributed by atoms with Gasteiger partial charge < -0.3 is 14.4 Å². The molecule has 1 aromatic carbocycles. The predicted molar refractivity (Wildman–Crippen MR) is 96.6 cm³/mol. The summed E-state index contributed by atoms with van der Waals surface area (Å²) in [7, 11) is 1.28. The first-order valence-corrected chi connectivity index (χ1v) is 8.71. The lowest BCUT2D eigenvalue weighted by Crippen LogP contribution is -2.42. The summed E-state index contributed by atoms with van der Waals surface area (Å²) < 4.78 is 10.6. The number of rotatable bonds is 4. The third kappa shape index (κ3) is 4.32. The minimum absolute atomic E-state index is 0.0505. The first kappa shape index (κ1) is 18.2. The molecule has 0 aliphatic carbocycles. The molecule has 2 aromatic rings. The number of carbonyl (C=O) groups excluding carboxylic acids is 2. The van der Waals surface area contributed by atoms with E-state index in [2.05, 4.69) is 9.72 Å². The number of hydrogen-bond acceptors (Lipinski definition) is 5. The number of halogens is 1. The molecule has 2 heterocycles. The Morgan fingerprint density at radius 1 is 1.08 bits per heavy atom. The number of carbonyl (C=O) groups is 2. The number of methoxy groups -OCH3 is 1. The van der Waals surface area contributed by atoms with E-state index in [1.807, 2.05) is 12.1 Å². The minimum atomic E-state index is -0.560. The second kappa shape index (κ2) is 8.19. The van der Waals surface area contributed by atoms with Crippen molar-refractivity contribution in [3.63, 3.8) is 0 Å². The Labute approximate surface area is 156 Å². The lowest BCUT2D eigenvalue weighted by atomic mass is 10.1. The quantitative estimate of drug-likeness (QED) is 0.769. The van der Waals surface area contributed by atoms with Gasteiger partial charge in [0.15, 0.2) is 0 Å². The van der Waals surface area contributed by atoms with Gasteiger partial charge in [-0.3, -0.25) is 4.79 Å². The number of hydrogen-bond donors (Lipinski definition) is 0. The summed E-state index contributed by atoms with van der Waals surface area (Å²) in [5.41, 5.74) is 0.365. The van der Waals surface area contributed by atoms with Gasteiger partial charge in [-0.05, 0) is 36.4 Å². The van der Waals surface area contributed by atoms with Gasteiger partial charge in [-0.15, -0.1) is 0 Å². The Morgan fingerprint density at radius 2 is 1.73 bits per heavy atom. The molecule has 0 radical (unpaired) electrons. The summed E-state index contributed by atoms with van der Waals surface area (Å²) in [5.74, 6) is 0.0158. The fourth-order valence-electron chi connectivity index (χ4n) is 2.82. The third-order valence-electron chi connectivity index (χ3n) is 4.21. The lowest BCUT2D eigenvalue weighted by molar-refractivity contribution is 0.0585. The number of esters is 1. The van der Waals surface area contributed by atoms with Crippen LogP contribution in [0, 0.1) is 0 Å². The highest BCUT2D eigenvalue weighted by molar-refractivity contribution is 6.30. The SMILES string of the molecule is COC(=O)c1cccc(C(=O)N2CCC(Oc3ccc(Cl)cc3)CC2)n1. The maximum atomic E-state index is 12.6.